The zero-order chi connectivity index (χ0) is 14.3. The van der Waals surface area contributed by atoms with Crippen LogP contribution in [0.1, 0.15) is 6.42 Å². The van der Waals surface area contributed by atoms with Crippen LogP contribution in [-0.2, 0) is 9.59 Å². The molecule has 1 aromatic rings. The van der Waals surface area contributed by atoms with E-state index < -0.39 is 17.6 Å². The molecule has 1 aromatic carbocycles. The van der Waals surface area contributed by atoms with E-state index in [-0.39, 0.29) is 0 Å². The first kappa shape index (κ1) is 15.1. The van der Waals surface area contributed by atoms with Gasteiger partial charge in [0.2, 0.25) is 0 Å². The number of amides is 2. The van der Waals surface area contributed by atoms with Gasteiger partial charge in [0.05, 0.1) is 0 Å². The summed E-state index contributed by atoms with van der Waals surface area (Å²) in [4.78, 5) is 24.9. The third kappa shape index (κ3) is 5.96. The van der Waals surface area contributed by atoms with Gasteiger partial charge in [-0.25, -0.2) is 4.39 Å². The van der Waals surface area contributed by atoms with Gasteiger partial charge in [-0.15, -0.1) is 0 Å². The van der Waals surface area contributed by atoms with E-state index in [1.54, 1.807) is 0 Å². The van der Waals surface area contributed by atoms with Crippen molar-refractivity contribution in [2.75, 3.05) is 32.5 Å². The van der Waals surface area contributed by atoms with Crippen molar-refractivity contribution in [3.05, 3.63) is 30.1 Å². The third-order valence-electron chi connectivity index (χ3n) is 2.38. The van der Waals surface area contributed by atoms with Gasteiger partial charge in [0.15, 0.2) is 0 Å². The Morgan fingerprint density at radius 3 is 2.37 bits per heavy atom. The summed E-state index contributed by atoms with van der Waals surface area (Å²) < 4.78 is 12.7. The van der Waals surface area contributed by atoms with Crippen LogP contribution in [-0.4, -0.2) is 43.9 Å². The number of anilines is 1. The van der Waals surface area contributed by atoms with Crippen LogP contribution in [0.25, 0.3) is 0 Å². The van der Waals surface area contributed by atoms with Crippen molar-refractivity contribution < 1.29 is 14.0 Å². The fraction of sp³-hybridized carbons (Fsp3) is 0.385. The highest BCUT2D eigenvalue weighted by Crippen LogP contribution is 2.07. The van der Waals surface area contributed by atoms with E-state index in [0.29, 0.717) is 12.2 Å². The predicted molar refractivity (Wildman–Crippen MR) is 71.2 cm³/mol. The Morgan fingerprint density at radius 2 is 1.79 bits per heavy atom. The van der Waals surface area contributed by atoms with E-state index in [9.17, 15) is 14.0 Å². The van der Waals surface area contributed by atoms with Gasteiger partial charge in [-0.05, 0) is 51.3 Å². The number of halogens is 1. The standard InChI is InChI=1S/C13H18FN3O2/c1-17(2)9-3-8-15-12(18)13(19)16-11-6-4-10(14)5-7-11/h4-7H,3,8-9H2,1-2H3,(H,15,18)(H,16,19). The lowest BCUT2D eigenvalue weighted by Gasteiger charge is -2.10. The van der Waals surface area contributed by atoms with Crippen molar-refractivity contribution in [2.45, 2.75) is 6.42 Å². The minimum atomic E-state index is -0.753. The predicted octanol–water partition coefficient (Wildman–Crippen LogP) is 0.832. The third-order valence-corrected chi connectivity index (χ3v) is 2.38. The Balaban J connectivity index is 2.32. The highest BCUT2D eigenvalue weighted by atomic mass is 19.1. The Labute approximate surface area is 111 Å². The molecule has 0 aliphatic carbocycles. The van der Waals surface area contributed by atoms with Crippen LogP contribution in [0.15, 0.2) is 24.3 Å². The van der Waals surface area contributed by atoms with Gasteiger partial charge in [0.25, 0.3) is 0 Å². The van der Waals surface area contributed by atoms with Crippen LogP contribution >= 0.6 is 0 Å². The smallest absolute Gasteiger partial charge is 0.313 e. The van der Waals surface area contributed by atoms with E-state index in [2.05, 4.69) is 10.6 Å². The summed E-state index contributed by atoms with van der Waals surface area (Å²) in [5.41, 5.74) is 0.384. The molecular weight excluding hydrogens is 249 g/mol. The Morgan fingerprint density at radius 1 is 1.16 bits per heavy atom. The van der Waals surface area contributed by atoms with E-state index in [0.717, 1.165) is 13.0 Å². The average molecular weight is 267 g/mol. The molecule has 0 radical (unpaired) electrons. The number of benzene rings is 1. The minimum absolute atomic E-state index is 0.384. The zero-order valence-electron chi connectivity index (χ0n) is 11.1. The maximum atomic E-state index is 12.7. The fourth-order valence-corrected chi connectivity index (χ4v) is 1.40. The van der Waals surface area contributed by atoms with Gasteiger partial charge < -0.3 is 15.5 Å². The molecule has 0 saturated heterocycles. The van der Waals surface area contributed by atoms with Crippen LogP contribution in [0.5, 0.6) is 0 Å². The second kappa shape index (κ2) is 7.48. The Kier molecular flexibility index (Phi) is 5.95. The molecular formula is C13H18FN3O2. The van der Waals surface area contributed by atoms with Crippen LogP contribution in [0.3, 0.4) is 0 Å². The monoisotopic (exact) mass is 267 g/mol. The van der Waals surface area contributed by atoms with Crippen molar-refractivity contribution in [1.29, 1.82) is 0 Å². The molecule has 0 aromatic heterocycles. The van der Waals surface area contributed by atoms with E-state index >= 15 is 0 Å². The van der Waals surface area contributed by atoms with Crippen molar-refractivity contribution in [1.82, 2.24) is 10.2 Å². The lowest BCUT2D eigenvalue weighted by atomic mass is 10.3. The Hall–Kier alpha value is -1.95. The first-order chi connectivity index (χ1) is 8.99. The van der Waals surface area contributed by atoms with Gasteiger partial charge in [-0.3, -0.25) is 9.59 Å². The number of nitrogens with zero attached hydrogens (tertiary/aromatic N) is 1. The fourth-order valence-electron chi connectivity index (χ4n) is 1.40. The molecule has 0 bridgehead atoms. The molecule has 0 fully saturated rings. The van der Waals surface area contributed by atoms with Crippen molar-refractivity contribution >= 4 is 17.5 Å². The van der Waals surface area contributed by atoms with Crippen molar-refractivity contribution in [3.63, 3.8) is 0 Å². The summed E-state index contributed by atoms with van der Waals surface area (Å²) >= 11 is 0. The topological polar surface area (TPSA) is 61.4 Å². The SMILES string of the molecule is CN(C)CCCNC(=O)C(=O)Nc1ccc(F)cc1. The maximum absolute atomic E-state index is 12.7. The molecule has 0 aliphatic rings. The number of hydrogen-bond acceptors (Lipinski definition) is 3. The molecule has 0 aliphatic heterocycles. The first-order valence-corrected chi connectivity index (χ1v) is 5.98. The number of hydrogen-bond donors (Lipinski definition) is 2. The van der Waals surface area contributed by atoms with Crippen molar-refractivity contribution in [2.24, 2.45) is 0 Å². The second-order valence-electron chi connectivity index (χ2n) is 4.37. The molecule has 2 amide bonds. The molecule has 5 nitrogen and oxygen atoms in total. The lowest BCUT2D eigenvalue weighted by Crippen LogP contribution is -2.36. The molecule has 0 spiro atoms. The summed E-state index contributed by atoms with van der Waals surface area (Å²) in [6.45, 7) is 1.27. The van der Waals surface area contributed by atoms with Gasteiger partial charge in [0.1, 0.15) is 5.82 Å². The van der Waals surface area contributed by atoms with Gasteiger partial charge in [0, 0.05) is 12.2 Å². The summed E-state index contributed by atoms with van der Waals surface area (Å²) in [7, 11) is 3.87. The summed E-state index contributed by atoms with van der Waals surface area (Å²) in [5, 5.41) is 4.91. The van der Waals surface area contributed by atoms with Gasteiger partial charge in [-0.1, -0.05) is 0 Å². The summed E-state index contributed by atoms with van der Waals surface area (Å²) in [5.74, 6) is -1.84. The number of rotatable bonds is 5. The molecule has 1 rings (SSSR count). The lowest BCUT2D eigenvalue weighted by molar-refractivity contribution is -0.136. The van der Waals surface area contributed by atoms with Crippen LogP contribution in [0.4, 0.5) is 10.1 Å². The molecule has 0 saturated carbocycles. The maximum Gasteiger partial charge on any atom is 0.313 e. The summed E-state index contributed by atoms with van der Waals surface area (Å²) in [6, 6.07) is 5.22. The highest BCUT2D eigenvalue weighted by molar-refractivity contribution is 6.39. The van der Waals surface area contributed by atoms with E-state index in [1.165, 1.54) is 24.3 Å². The zero-order valence-corrected chi connectivity index (χ0v) is 11.1. The molecule has 0 heterocycles. The van der Waals surface area contributed by atoms with Crippen LogP contribution in [0.2, 0.25) is 0 Å². The number of carbonyl (C=O) groups excluding carboxylic acids is 2. The molecule has 0 atom stereocenters. The van der Waals surface area contributed by atoms with Crippen molar-refractivity contribution in [3.8, 4) is 0 Å². The largest absolute Gasteiger partial charge is 0.348 e. The number of carbonyl (C=O) groups is 2. The van der Waals surface area contributed by atoms with E-state index in [4.69, 9.17) is 0 Å². The molecule has 0 unspecified atom stereocenters. The van der Waals surface area contributed by atoms with Gasteiger partial charge in [-0.2, -0.15) is 0 Å². The summed E-state index contributed by atoms with van der Waals surface area (Å²) in [6.07, 6.45) is 0.766. The molecule has 104 valence electrons. The van der Waals surface area contributed by atoms with Gasteiger partial charge >= 0.3 is 11.8 Å². The average Bonchev–Trinajstić information content (AvgIpc) is 2.36. The second-order valence-corrected chi connectivity index (χ2v) is 4.37. The first-order valence-electron chi connectivity index (χ1n) is 5.98. The normalized spacial score (nSPS) is 10.3. The number of nitrogens with one attached hydrogen (secondary N) is 2. The van der Waals surface area contributed by atoms with E-state index in [1.807, 2.05) is 19.0 Å². The quantitative estimate of drug-likeness (QED) is 0.613. The molecule has 2 N–H and O–H groups in total. The molecule has 6 heteroatoms. The minimum Gasteiger partial charge on any atom is -0.348 e. The Bertz CT molecular complexity index is 432. The van der Waals surface area contributed by atoms with Crippen LogP contribution in [0, 0.1) is 5.82 Å². The van der Waals surface area contributed by atoms with Crippen LogP contribution < -0.4 is 10.6 Å². The highest BCUT2D eigenvalue weighted by Gasteiger charge is 2.12. The molecule has 19 heavy (non-hydrogen) atoms.